The Hall–Kier alpha value is -1.18. The van der Waals surface area contributed by atoms with Crippen LogP contribution < -0.4 is 0 Å². The fourth-order valence-electron chi connectivity index (χ4n) is 2.70. The molecule has 1 rings (SSSR count). The summed E-state index contributed by atoms with van der Waals surface area (Å²) < 4.78 is 0. The van der Waals surface area contributed by atoms with Crippen molar-refractivity contribution in [1.29, 1.82) is 0 Å². The number of phenols is 2. The molecular weight excluding hydrogens is 260 g/mol. The Labute approximate surface area is 130 Å². The van der Waals surface area contributed by atoms with E-state index in [4.69, 9.17) is 0 Å². The van der Waals surface area contributed by atoms with E-state index in [0.29, 0.717) is 5.56 Å². The van der Waals surface area contributed by atoms with E-state index in [-0.39, 0.29) is 11.5 Å². The van der Waals surface area contributed by atoms with Gasteiger partial charge >= 0.3 is 0 Å². The normalized spacial score (nSPS) is 11.0. The SMILES string of the molecule is CCCCCCCCCCCCc1cc(O)c(C)c(O)c1. The highest BCUT2D eigenvalue weighted by atomic mass is 16.3. The lowest BCUT2D eigenvalue weighted by Crippen LogP contribution is -1.88. The molecule has 2 N–H and O–H groups in total. The van der Waals surface area contributed by atoms with Gasteiger partial charge < -0.3 is 10.2 Å². The fraction of sp³-hybridized carbons (Fsp3) is 0.684. The van der Waals surface area contributed by atoms with E-state index < -0.39 is 0 Å². The summed E-state index contributed by atoms with van der Waals surface area (Å²) in [5, 5.41) is 19.4. The van der Waals surface area contributed by atoms with Gasteiger partial charge in [0.25, 0.3) is 0 Å². The number of aryl methyl sites for hydroxylation is 1. The number of hydrogen-bond donors (Lipinski definition) is 2. The molecule has 0 radical (unpaired) electrons. The highest BCUT2D eigenvalue weighted by Gasteiger charge is 2.05. The summed E-state index contributed by atoms with van der Waals surface area (Å²) in [4.78, 5) is 0. The maximum atomic E-state index is 9.68. The van der Waals surface area contributed by atoms with E-state index in [0.717, 1.165) is 18.4 Å². The monoisotopic (exact) mass is 292 g/mol. The summed E-state index contributed by atoms with van der Waals surface area (Å²) in [7, 11) is 0. The molecule has 0 saturated heterocycles. The van der Waals surface area contributed by atoms with Crippen molar-refractivity contribution in [3.63, 3.8) is 0 Å². The van der Waals surface area contributed by atoms with E-state index in [1.165, 1.54) is 57.8 Å². The van der Waals surface area contributed by atoms with Gasteiger partial charge in [-0.15, -0.1) is 0 Å². The molecule has 0 aromatic heterocycles. The Kier molecular flexibility index (Phi) is 8.96. The summed E-state index contributed by atoms with van der Waals surface area (Å²) in [5.41, 5.74) is 1.61. The van der Waals surface area contributed by atoms with Crippen LogP contribution in [0.25, 0.3) is 0 Å². The van der Waals surface area contributed by atoms with Crippen LogP contribution in [0.5, 0.6) is 11.5 Å². The summed E-state index contributed by atoms with van der Waals surface area (Å²) in [6.07, 6.45) is 14.2. The van der Waals surface area contributed by atoms with Gasteiger partial charge in [0, 0.05) is 5.56 Å². The van der Waals surface area contributed by atoms with Crippen LogP contribution in [0.2, 0.25) is 0 Å². The Bertz CT molecular complexity index is 376. The second-order valence-corrected chi connectivity index (χ2v) is 6.19. The second kappa shape index (κ2) is 10.5. The lowest BCUT2D eigenvalue weighted by molar-refractivity contribution is 0.441. The molecule has 0 fully saturated rings. The number of benzene rings is 1. The van der Waals surface area contributed by atoms with E-state index in [9.17, 15) is 10.2 Å². The van der Waals surface area contributed by atoms with Gasteiger partial charge in [0.05, 0.1) is 0 Å². The Morgan fingerprint density at radius 2 is 1.14 bits per heavy atom. The largest absolute Gasteiger partial charge is 0.508 e. The van der Waals surface area contributed by atoms with Crippen LogP contribution in [0.4, 0.5) is 0 Å². The van der Waals surface area contributed by atoms with Crippen molar-refractivity contribution in [2.24, 2.45) is 0 Å². The predicted molar refractivity (Wildman–Crippen MR) is 90.1 cm³/mol. The maximum Gasteiger partial charge on any atom is 0.122 e. The Morgan fingerprint density at radius 1 is 0.714 bits per heavy atom. The topological polar surface area (TPSA) is 40.5 Å². The third-order valence-corrected chi connectivity index (χ3v) is 4.23. The zero-order valence-corrected chi connectivity index (χ0v) is 13.8. The zero-order chi connectivity index (χ0) is 15.5. The van der Waals surface area contributed by atoms with Crippen molar-refractivity contribution >= 4 is 0 Å². The first-order valence-electron chi connectivity index (χ1n) is 8.66. The van der Waals surface area contributed by atoms with Crippen molar-refractivity contribution in [2.75, 3.05) is 0 Å². The average molecular weight is 292 g/mol. The third-order valence-electron chi connectivity index (χ3n) is 4.23. The highest BCUT2D eigenvalue weighted by Crippen LogP contribution is 2.28. The van der Waals surface area contributed by atoms with Gasteiger partial charge in [-0.25, -0.2) is 0 Å². The minimum absolute atomic E-state index is 0.206. The number of hydrogen-bond acceptors (Lipinski definition) is 2. The smallest absolute Gasteiger partial charge is 0.122 e. The van der Waals surface area contributed by atoms with E-state index in [1.807, 2.05) is 0 Å². The van der Waals surface area contributed by atoms with Gasteiger partial charge in [0.2, 0.25) is 0 Å². The van der Waals surface area contributed by atoms with Crippen molar-refractivity contribution in [2.45, 2.75) is 84.5 Å². The van der Waals surface area contributed by atoms with Crippen LogP contribution in [-0.2, 0) is 6.42 Å². The molecule has 0 heterocycles. The van der Waals surface area contributed by atoms with Crippen LogP contribution in [-0.4, -0.2) is 10.2 Å². The van der Waals surface area contributed by atoms with Crippen LogP contribution in [0, 0.1) is 6.92 Å². The molecule has 0 saturated carbocycles. The van der Waals surface area contributed by atoms with Gasteiger partial charge in [-0.3, -0.25) is 0 Å². The summed E-state index contributed by atoms with van der Waals surface area (Å²) in [6.45, 7) is 3.99. The quantitative estimate of drug-likeness (QED) is 0.501. The van der Waals surface area contributed by atoms with Gasteiger partial charge in [-0.1, -0.05) is 64.7 Å². The second-order valence-electron chi connectivity index (χ2n) is 6.19. The molecule has 0 spiro atoms. The van der Waals surface area contributed by atoms with E-state index in [2.05, 4.69) is 6.92 Å². The molecular formula is C19H32O2. The molecule has 0 aliphatic rings. The summed E-state index contributed by atoms with van der Waals surface area (Å²) >= 11 is 0. The first kappa shape index (κ1) is 17.9. The Morgan fingerprint density at radius 3 is 1.62 bits per heavy atom. The predicted octanol–water partition coefficient (Wildman–Crippen LogP) is 5.87. The molecule has 0 aliphatic heterocycles. The summed E-state index contributed by atoms with van der Waals surface area (Å²) in [6, 6.07) is 3.56. The van der Waals surface area contributed by atoms with Gasteiger partial charge in [-0.2, -0.15) is 0 Å². The van der Waals surface area contributed by atoms with Crippen LogP contribution in [0.1, 0.15) is 82.3 Å². The van der Waals surface area contributed by atoms with Gasteiger partial charge in [0.1, 0.15) is 11.5 Å². The third kappa shape index (κ3) is 7.40. The number of aromatic hydroxyl groups is 2. The molecule has 1 aromatic carbocycles. The maximum absolute atomic E-state index is 9.68. The number of rotatable bonds is 11. The number of phenolic OH excluding ortho intramolecular Hbond substituents is 2. The molecule has 120 valence electrons. The van der Waals surface area contributed by atoms with Crippen molar-refractivity contribution in [3.8, 4) is 11.5 Å². The molecule has 0 atom stereocenters. The molecule has 1 aromatic rings. The minimum Gasteiger partial charge on any atom is -0.508 e. The Balaban J connectivity index is 2.04. The lowest BCUT2D eigenvalue weighted by Gasteiger charge is -2.07. The molecule has 0 amide bonds. The van der Waals surface area contributed by atoms with Crippen molar-refractivity contribution < 1.29 is 10.2 Å². The molecule has 0 aliphatic carbocycles. The highest BCUT2D eigenvalue weighted by molar-refractivity contribution is 5.45. The standard InChI is InChI=1S/C19H32O2/c1-3-4-5-6-7-8-9-10-11-12-13-17-14-18(20)16(2)19(21)15-17/h14-15,20-21H,3-13H2,1-2H3. The molecule has 0 unspecified atom stereocenters. The van der Waals surface area contributed by atoms with Gasteiger partial charge in [0.15, 0.2) is 0 Å². The van der Waals surface area contributed by atoms with E-state index >= 15 is 0 Å². The van der Waals surface area contributed by atoms with Crippen molar-refractivity contribution in [1.82, 2.24) is 0 Å². The van der Waals surface area contributed by atoms with Gasteiger partial charge in [-0.05, 0) is 37.5 Å². The van der Waals surface area contributed by atoms with Crippen molar-refractivity contribution in [3.05, 3.63) is 23.3 Å². The fourth-order valence-corrected chi connectivity index (χ4v) is 2.70. The molecule has 21 heavy (non-hydrogen) atoms. The van der Waals surface area contributed by atoms with Crippen LogP contribution in [0.15, 0.2) is 12.1 Å². The van der Waals surface area contributed by atoms with E-state index in [1.54, 1.807) is 19.1 Å². The number of unbranched alkanes of at least 4 members (excludes halogenated alkanes) is 9. The molecule has 2 nitrogen and oxygen atoms in total. The minimum atomic E-state index is 0.206. The average Bonchev–Trinajstić information content (AvgIpc) is 2.46. The first-order valence-corrected chi connectivity index (χ1v) is 8.66. The zero-order valence-electron chi connectivity index (χ0n) is 13.8. The summed E-state index contributed by atoms with van der Waals surface area (Å²) in [5.74, 6) is 0.411. The van der Waals surface area contributed by atoms with Crippen LogP contribution in [0.3, 0.4) is 0 Å². The lowest BCUT2D eigenvalue weighted by atomic mass is 10.0. The first-order chi connectivity index (χ1) is 10.1. The molecule has 0 bridgehead atoms. The van der Waals surface area contributed by atoms with Crippen LogP contribution >= 0.6 is 0 Å². The molecule has 2 heteroatoms.